The molecule has 26 heavy (non-hydrogen) atoms. The number of hydrogen-bond acceptors (Lipinski definition) is 2. The summed E-state index contributed by atoms with van der Waals surface area (Å²) in [5.74, 6) is 0.253. The van der Waals surface area contributed by atoms with Crippen molar-refractivity contribution in [2.24, 2.45) is 0 Å². The number of benzene rings is 2. The SMILES string of the molecule is CCCC(=O)N1CCCN(C(=O)c2ccc(-c3ccccc3)cc2)CC1. The molecule has 3 rings (SSSR count). The van der Waals surface area contributed by atoms with E-state index in [1.807, 2.05) is 59.2 Å². The summed E-state index contributed by atoms with van der Waals surface area (Å²) in [4.78, 5) is 28.7. The van der Waals surface area contributed by atoms with Crippen LogP contribution < -0.4 is 0 Å². The Balaban J connectivity index is 1.65. The smallest absolute Gasteiger partial charge is 0.253 e. The Kier molecular flexibility index (Phi) is 6.05. The molecule has 2 amide bonds. The zero-order valence-electron chi connectivity index (χ0n) is 15.4. The largest absolute Gasteiger partial charge is 0.341 e. The average Bonchev–Trinajstić information content (AvgIpc) is 2.95. The van der Waals surface area contributed by atoms with Crippen LogP contribution in [0.5, 0.6) is 0 Å². The van der Waals surface area contributed by atoms with Crippen molar-refractivity contribution in [3.8, 4) is 11.1 Å². The second-order valence-corrected chi connectivity index (χ2v) is 6.72. The summed E-state index contributed by atoms with van der Waals surface area (Å²) in [6.45, 7) is 4.71. The van der Waals surface area contributed by atoms with Crippen molar-refractivity contribution in [1.82, 2.24) is 9.80 Å². The molecule has 136 valence electrons. The summed E-state index contributed by atoms with van der Waals surface area (Å²) in [6.07, 6.45) is 2.30. The van der Waals surface area contributed by atoms with Crippen LogP contribution in [0.1, 0.15) is 36.5 Å². The van der Waals surface area contributed by atoms with Gasteiger partial charge >= 0.3 is 0 Å². The molecule has 0 radical (unpaired) electrons. The molecule has 0 N–H and O–H groups in total. The lowest BCUT2D eigenvalue weighted by Gasteiger charge is -2.22. The highest BCUT2D eigenvalue weighted by atomic mass is 16.2. The molecule has 2 aromatic rings. The molecule has 1 saturated heterocycles. The summed E-state index contributed by atoms with van der Waals surface area (Å²) < 4.78 is 0. The third kappa shape index (κ3) is 4.31. The Morgan fingerprint density at radius 3 is 2.12 bits per heavy atom. The molecule has 4 nitrogen and oxygen atoms in total. The lowest BCUT2D eigenvalue weighted by molar-refractivity contribution is -0.131. The molecule has 0 aliphatic carbocycles. The Morgan fingerprint density at radius 1 is 0.808 bits per heavy atom. The molecular formula is C22H26N2O2. The van der Waals surface area contributed by atoms with E-state index in [1.165, 1.54) is 0 Å². The van der Waals surface area contributed by atoms with Gasteiger partial charge in [-0.3, -0.25) is 9.59 Å². The van der Waals surface area contributed by atoms with Crippen LogP contribution in [0.15, 0.2) is 54.6 Å². The second kappa shape index (κ2) is 8.65. The number of carbonyl (C=O) groups excluding carboxylic acids is 2. The summed E-state index contributed by atoms with van der Waals surface area (Å²) in [5, 5.41) is 0. The standard InChI is InChI=1S/C22H26N2O2/c1-2-7-21(25)23-14-6-15-24(17-16-23)22(26)20-12-10-19(11-13-20)18-8-4-3-5-9-18/h3-5,8-13H,2,6-7,14-17H2,1H3. The molecule has 0 aromatic heterocycles. The molecule has 1 fully saturated rings. The normalized spacial score (nSPS) is 14.8. The van der Waals surface area contributed by atoms with E-state index in [9.17, 15) is 9.59 Å². The van der Waals surface area contributed by atoms with Crippen molar-refractivity contribution in [3.05, 3.63) is 60.2 Å². The second-order valence-electron chi connectivity index (χ2n) is 6.72. The van der Waals surface area contributed by atoms with E-state index in [1.54, 1.807) is 0 Å². The highest BCUT2D eigenvalue weighted by molar-refractivity contribution is 5.94. The van der Waals surface area contributed by atoms with Crippen LogP contribution in [0, 0.1) is 0 Å². The zero-order valence-corrected chi connectivity index (χ0v) is 15.4. The fraction of sp³-hybridized carbons (Fsp3) is 0.364. The highest BCUT2D eigenvalue weighted by Crippen LogP contribution is 2.20. The summed E-state index contributed by atoms with van der Waals surface area (Å²) >= 11 is 0. The quantitative estimate of drug-likeness (QED) is 0.841. The number of carbonyl (C=O) groups is 2. The molecular weight excluding hydrogens is 324 g/mol. The van der Waals surface area contributed by atoms with Gasteiger partial charge in [0.2, 0.25) is 5.91 Å². The van der Waals surface area contributed by atoms with E-state index in [0.29, 0.717) is 31.6 Å². The van der Waals surface area contributed by atoms with Gasteiger partial charge in [-0.25, -0.2) is 0 Å². The van der Waals surface area contributed by atoms with Gasteiger partial charge in [-0.05, 0) is 36.1 Å². The van der Waals surface area contributed by atoms with E-state index in [-0.39, 0.29) is 11.8 Å². The molecule has 1 aliphatic heterocycles. The maximum absolute atomic E-state index is 12.8. The molecule has 0 bridgehead atoms. The fourth-order valence-electron chi connectivity index (χ4n) is 3.36. The van der Waals surface area contributed by atoms with E-state index in [4.69, 9.17) is 0 Å². The van der Waals surface area contributed by atoms with Gasteiger partial charge in [0.25, 0.3) is 5.91 Å². The van der Waals surface area contributed by atoms with Gasteiger partial charge in [-0.2, -0.15) is 0 Å². The van der Waals surface area contributed by atoms with E-state index in [0.717, 1.165) is 30.5 Å². The summed E-state index contributed by atoms with van der Waals surface area (Å²) in [7, 11) is 0. The summed E-state index contributed by atoms with van der Waals surface area (Å²) in [6, 6.07) is 17.9. The van der Waals surface area contributed by atoms with Crippen LogP contribution in [0.3, 0.4) is 0 Å². The van der Waals surface area contributed by atoms with Crippen molar-refractivity contribution >= 4 is 11.8 Å². The van der Waals surface area contributed by atoms with Crippen LogP contribution in [-0.4, -0.2) is 47.8 Å². The predicted octanol–water partition coefficient (Wildman–Crippen LogP) is 3.83. The van der Waals surface area contributed by atoms with Crippen molar-refractivity contribution in [2.75, 3.05) is 26.2 Å². The first kappa shape index (κ1) is 18.2. The topological polar surface area (TPSA) is 40.6 Å². The Labute approximate surface area is 155 Å². The monoisotopic (exact) mass is 350 g/mol. The van der Waals surface area contributed by atoms with Crippen LogP contribution in [0.2, 0.25) is 0 Å². The lowest BCUT2D eigenvalue weighted by atomic mass is 10.0. The fourth-order valence-corrected chi connectivity index (χ4v) is 3.36. The highest BCUT2D eigenvalue weighted by Gasteiger charge is 2.22. The molecule has 1 heterocycles. The van der Waals surface area contributed by atoms with Gasteiger partial charge in [0, 0.05) is 38.2 Å². The Morgan fingerprint density at radius 2 is 1.42 bits per heavy atom. The van der Waals surface area contributed by atoms with Crippen molar-refractivity contribution in [2.45, 2.75) is 26.2 Å². The number of hydrogen-bond donors (Lipinski definition) is 0. The summed E-state index contributed by atoms with van der Waals surface area (Å²) in [5.41, 5.74) is 2.96. The average molecular weight is 350 g/mol. The van der Waals surface area contributed by atoms with Crippen LogP contribution >= 0.6 is 0 Å². The maximum Gasteiger partial charge on any atom is 0.253 e. The van der Waals surface area contributed by atoms with Crippen molar-refractivity contribution < 1.29 is 9.59 Å². The van der Waals surface area contributed by atoms with Gasteiger partial charge < -0.3 is 9.80 Å². The van der Waals surface area contributed by atoms with Gasteiger partial charge in [-0.1, -0.05) is 49.4 Å². The first-order valence-corrected chi connectivity index (χ1v) is 9.41. The van der Waals surface area contributed by atoms with Crippen LogP contribution in [0.25, 0.3) is 11.1 Å². The number of rotatable bonds is 4. The number of nitrogens with zero attached hydrogens (tertiary/aromatic N) is 2. The molecule has 0 spiro atoms. The lowest BCUT2D eigenvalue weighted by Crippen LogP contribution is -2.37. The minimum absolute atomic E-state index is 0.0504. The number of amides is 2. The third-order valence-corrected chi connectivity index (χ3v) is 4.84. The van der Waals surface area contributed by atoms with Gasteiger partial charge in [0.05, 0.1) is 0 Å². The first-order chi connectivity index (χ1) is 12.7. The van der Waals surface area contributed by atoms with Crippen LogP contribution in [0.4, 0.5) is 0 Å². The Hall–Kier alpha value is -2.62. The minimum Gasteiger partial charge on any atom is -0.341 e. The van der Waals surface area contributed by atoms with Crippen molar-refractivity contribution in [3.63, 3.8) is 0 Å². The third-order valence-electron chi connectivity index (χ3n) is 4.84. The van der Waals surface area contributed by atoms with Crippen LogP contribution in [-0.2, 0) is 4.79 Å². The minimum atomic E-state index is 0.0504. The molecule has 4 heteroatoms. The first-order valence-electron chi connectivity index (χ1n) is 9.41. The van der Waals surface area contributed by atoms with Gasteiger partial charge in [0.15, 0.2) is 0 Å². The maximum atomic E-state index is 12.8. The molecule has 2 aromatic carbocycles. The van der Waals surface area contributed by atoms with E-state index < -0.39 is 0 Å². The molecule has 0 unspecified atom stereocenters. The predicted molar refractivity (Wildman–Crippen MR) is 104 cm³/mol. The van der Waals surface area contributed by atoms with Crippen molar-refractivity contribution in [1.29, 1.82) is 0 Å². The molecule has 0 atom stereocenters. The molecule has 0 saturated carbocycles. The van der Waals surface area contributed by atoms with E-state index in [2.05, 4.69) is 12.1 Å². The Bertz CT molecular complexity index is 740. The molecule has 1 aliphatic rings. The zero-order chi connectivity index (χ0) is 18.4. The van der Waals surface area contributed by atoms with Gasteiger partial charge in [0.1, 0.15) is 0 Å². The van der Waals surface area contributed by atoms with Gasteiger partial charge in [-0.15, -0.1) is 0 Å². The van der Waals surface area contributed by atoms with E-state index >= 15 is 0 Å².